The zero-order valence-corrected chi connectivity index (χ0v) is 8.39. The van der Waals surface area contributed by atoms with Gasteiger partial charge >= 0.3 is 0 Å². The predicted molar refractivity (Wildman–Crippen MR) is 45.4 cm³/mol. The van der Waals surface area contributed by atoms with E-state index in [0.717, 1.165) is 0 Å². The van der Waals surface area contributed by atoms with Gasteiger partial charge in [0, 0.05) is 0 Å². The summed E-state index contributed by atoms with van der Waals surface area (Å²) in [5.74, 6) is -1.01. The molecule has 2 aliphatic heterocycles. The van der Waals surface area contributed by atoms with Crippen molar-refractivity contribution in [3.8, 4) is 0 Å². The quantitative estimate of drug-likeness (QED) is 0.590. The molecule has 5 heteroatoms. The van der Waals surface area contributed by atoms with Gasteiger partial charge < -0.3 is 19.3 Å². The van der Waals surface area contributed by atoms with Crippen molar-refractivity contribution in [2.45, 2.75) is 51.2 Å². The summed E-state index contributed by atoms with van der Waals surface area (Å²) < 4.78 is 15.8. The minimum absolute atomic E-state index is 0.175. The summed E-state index contributed by atoms with van der Waals surface area (Å²) in [6.45, 7) is 5.00. The summed E-state index contributed by atoms with van der Waals surface area (Å²) in [4.78, 5) is 11.6. The Hall–Kier alpha value is -0.490. The Bertz CT molecular complexity index is 262. The van der Waals surface area contributed by atoms with Gasteiger partial charge in [0.25, 0.3) is 0 Å². The summed E-state index contributed by atoms with van der Waals surface area (Å²) >= 11 is 0. The molecule has 4 atom stereocenters. The fourth-order valence-electron chi connectivity index (χ4n) is 1.80. The maximum Gasteiger partial charge on any atom is 0.193 e. The number of fused-ring (bicyclic) bond motifs is 1. The molecule has 2 fully saturated rings. The normalized spacial score (nSPS) is 46.4. The summed E-state index contributed by atoms with van der Waals surface area (Å²) in [5.41, 5.74) is 0. The van der Waals surface area contributed by atoms with Crippen molar-refractivity contribution < 1.29 is 24.1 Å². The molecule has 0 aromatic rings. The van der Waals surface area contributed by atoms with E-state index in [4.69, 9.17) is 14.2 Å². The first-order chi connectivity index (χ1) is 6.41. The number of carbonyl (C=O) groups is 1. The van der Waals surface area contributed by atoms with E-state index in [1.165, 1.54) is 0 Å². The first-order valence-electron chi connectivity index (χ1n) is 4.63. The highest BCUT2D eigenvalue weighted by Gasteiger charge is 2.53. The maximum atomic E-state index is 11.6. The number of hydrogen-bond donors (Lipinski definition) is 1. The molecule has 2 saturated heterocycles. The van der Waals surface area contributed by atoms with Crippen LogP contribution in [0.25, 0.3) is 0 Å². The van der Waals surface area contributed by atoms with Crippen LogP contribution in [0.15, 0.2) is 0 Å². The highest BCUT2D eigenvalue weighted by molar-refractivity contribution is 5.88. The Morgan fingerprint density at radius 2 is 2.00 bits per heavy atom. The highest BCUT2D eigenvalue weighted by atomic mass is 16.8. The van der Waals surface area contributed by atoms with Crippen LogP contribution >= 0.6 is 0 Å². The van der Waals surface area contributed by atoms with Crippen molar-refractivity contribution in [3.05, 3.63) is 0 Å². The van der Waals surface area contributed by atoms with Crippen LogP contribution in [0.4, 0.5) is 0 Å². The fourth-order valence-corrected chi connectivity index (χ4v) is 1.80. The highest BCUT2D eigenvalue weighted by Crippen LogP contribution is 2.34. The molecule has 0 aliphatic carbocycles. The van der Waals surface area contributed by atoms with Crippen molar-refractivity contribution in [1.82, 2.24) is 0 Å². The number of aliphatic hydroxyl groups is 1. The number of Topliss-reactive ketones (excluding diaryl/α,β-unsaturated/α-hetero) is 1. The fraction of sp³-hybridized carbons (Fsp3) is 0.889. The van der Waals surface area contributed by atoms with E-state index in [1.54, 1.807) is 20.8 Å². The Morgan fingerprint density at radius 1 is 1.36 bits per heavy atom. The zero-order valence-electron chi connectivity index (χ0n) is 8.39. The van der Waals surface area contributed by atoms with Crippen molar-refractivity contribution in [2.75, 3.05) is 0 Å². The van der Waals surface area contributed by atoms with Gasteiger partial charge in [-0.1, -0.05) is 0 Å². The van der Waals surface area contributed by atoms with Gasteiger partial charge in [-0.25, -0.2) is 0 Å². The van der Waals surface area contributed by atoms with Crippen molar-refractivity contribution in [1.29, 1.82) is 0 Å². The molecule has 1 N–H and O–H groups in total. The van der Waals surface area contributed by atoms with Crippen LogP contribution in [0.2, 0.25) is 0 Å². The Balaban J connectivity index is 2.22. The van der Waals surface area contributed by atoms with Gasteiger partial charge in [0.05, 0.1) is 0 Å². The second-order valence-electron chi connectivity index (χ2n) is 4.09. The second kappa shape index (κ2) is 3.00. The first-order valence-corrected chi connectivity index (χ1v) is 4.63. The molecule has 0 bridgehead atoms. The second-order valence-corrected chi connectivity index (χ2v) is 4.09. The van der Waals surface area contributed by atoms with Crippen LogP contribution in [-0.2, 0) is 19.0 Å². The molecule has 2 aliphatic rings. The number of aliphatic hydroxyl groups excluding tert-OH is 1. The minimum atomic E-state index is -1.09. The van der Waals surface area contributed by atoms with E-state index in [1.807, 2.05) is 0 Å². The summed E-state index contributed by atoms with van der Waals surface area (Å²) in [6.07, 6.45) is -3.13. The number of hydrogen-bond acceptors (Lipinski definition) is 5. The molecule has 5 nitrogen and oxygen atoms in total. The average Bonchev–Trinajstić information content (AvgIpc) is 2.38. The molecule has 0 saturated carbocycles. The maximum absolute atomic E-state index is 11.6. The first kappa shape index (κ1) is 10.0. The third kappa shape index (κ3) is 1.46. The SMILES string of the molecule is C[C@@H]1O[C@@H](O)[C@@H]2OC(C)(C)O[C@@H]2C1=O. The lowest BCUT2D eigenvalue weighted by Gasteiger charge is -2.30. The molecule has 0 spiro atoms. The van der Waals surface area contributed by atoms with Gasteiger partial charge in [-0.15, -0.1) is 0 Å². The molecular formula is C9H14O5. The zero-order chi connectivity index (χ0) is 10.5. The van der Waals surface area contributed by atoms with E-state index in [2.05, 4.69) is 0 Å². The molecule has 0 radical (unpaired) electrons. The topological polar surface area (TPSA) is 65.0 Å². The van der Waals surface area contributed by atoms with E-state index in [-0.39, 0.29) is 5.78 Å². The summed E-state index contributed by atoms with van der Waals surface area (Å²) in [7, 11) is 0. The Labute approximate surface area is 81.9 Å². The number of ether oxygens (including phenoxy) is 3. The molecule has 0 amide bonds. The summed E-state index contributed by atoms with van der Waals surface area (Å²) in [5, 5.41) is 9.52. The lowest BCUT2D eigenvalue weighted by atomic mass is 10.0. The lowest BCUT2D eigenvalue weighted by Crippen LogP contribution is -2.52. The lowest BCUT2D eigenvalue weighted by molar-refractivity contribution is -0.221. The van der Waals surface area contributed by atoms with Gasteiger partial charge in [-0.05, 0) is 20.8 Å². The molecule has 0 aromatic heterocycles. The van der Waals surface area contributed by atoms with Gasteiger partial charge in [0.2, 0.25) is 0 Å². The molecule has 2 rings (SSSR count). The van der Waals surface area contributed by atoms with Crippen LogP contribution < -0.4 is 0 Å². The third-order valence-corrected chi connectivity index (χ3v) is 2.43. The largest absolute Gasteiger partial charge is 0.366 e. The van der Waals surface area contributed by atoms with E-state index < -0.39 is 30.4 Å². The van der Waals surface area contributed by atoms with Crippen molar-refractivity contribution in [3.63, 3.8) is 0 Å². The van der Waals surface area contributed by atoms with E-state index >= 15 is 0 Å². The molecule has 80 valence electrons. The van der Waals surface area contributed by atoms with Crippen LogP contribution in [0.5, 0.6) is 0 Å². The average molecular weight is 202 g/mol. The Morgan fingerprint density at radius 3 is 2.64 bits per heavy atom. The van der Waals surface area contributed by atoms with E-state index in [0.29, 0.717) is 0 Å². The molecule has 14 heavy (non-hydrogen) atoms. The predicted octanol–water partition coefficient (Wildman–Crippen LogP) is -0.187. The minimum Gasteiger partial charge on any atom is -0.366 e. The van der Waals surface area contributed by atoms with E-state index in [9.17, 15) is 9.90 Å². The van der Waals surface area contributed by atoms with Crippen LogP contribution in [-0.4, -0.2) is 41.3 Å². The van der Waals surface area contributed by atoms with Crippen molar-refractivity contribution in [2.24, 2.45) is 0 Å². The smallest absolute Gasteiger partial charge is 0.193 e. The number of ketones is 1. The monoisotopic (exact) mass is 202 g/mol. The standard InChI is InChI=1S/C9H14O5/c1-4-5(10)6-7(8(11)12-4)14-9(2,3)13-6/h4,6-8,11H,1-3H3/t4-,6+,7+,8+/m0/s1. The van der Waals surface area contributed by atoms with Crippen molar-refractivity contribution >= 4 is 5.78 Å². The van der Waals surface area contributed by atoms with Gasteiger partial charge in [-0.3, -0.25) is 4.79 Å². The van der Waals surface area contributed by atoms with Gasteiger partial charge in [-0.2, -0.15) is 0 Å². The van der Waals surface area contributed by atoms with Gasteiger partial charge in [0.15, 0.2) is 24.0 Å². The van der Waals surface area contributed by atoms with Crippen LogP contribution in [0.1, 0.15) is 20.8 Å². The number of rotatable bonds is 0. The molecule has 2 heterocycles. The number of carbonyl (C=O) groups excluding carboxylic acids is 1. The third-order valence-electron chi connectivity index (χ3n) is 2.43. The Kier molecular flexibility index (Phi) is 2.15. The molecule has 0 unspecified atom stereocenters. The van der Waals surface area contributed by atoms with Crippen LogP contribution in [0, 0.1) is 0 Å². The molecular weight excluding hydrogens is 188 g/mol. The van der Waals surface area contributed by atoms with Crippen LogP contribution in [0.3, 0.4) is 0 Å². The molecule has 0 aromatic carbocycles. The summed E-state index contributed by atoms with van der Waals surface area (Å²) in [6, 6.07) is 0. The van der Waals surface area contributed by atoms with Gasteiger partial charge in [0.1, 0.15) is 12.2 Å².